The van der Waals surface area contributed by atoms with Gasteiger partial charge in [0.15, 0.2) is 0 Å². The number of nitriles is 1. The summed E-state index contributed by atoms with van der Waals surface area (Å²) in [5.41, 5.74) is 1.73. The van der Waals surface area contributed by atoms with Crippen LogP contribution in [-0.2, 0) is 0 Å². The summed E-state index contributed by atoms with van der Waals surface area (Å²) >= 11 is 0. The summed E-state index contributed by atoms with van der Waals surface area (Å²) in [7, 11) is 0. The van der Waals surface area contributed by atoms with Crippen molar-refractivity contribution in [3.63, 3.8) is 0 Å². The quantitative estimate of drug-likeness (QED) is 0.559. The van der Waals surface area contributed by atoms with Gasteiger partial charge in [0, 0.05) is 12.2 Å². The number of nitrogens with zero attached hydrogens (tertiary/aromatic N) is 1. The van der Waals surface area contributed by atoms with E-state index in [-0.39, 0.29) is 0 Å². The normalized spacial score (nSPS) is 8.85. The Morgan fingerprint density at radius 2 is 2.08 bits per heavy atom. The summed E-state index contributed by atoms with van der Waals surface area (Å²) in [4.78, 5) is 0. The van der Waals surface area contributed by atoms with E-state index in [0.717, 1.165) is 18.7 Å². The fraction of sp³-hybridized carbons (Fsp3) is 0.182. The number of hydrogen-bond acceptors (Lipinski definition) is 2. The third-order valence-electron chi connectivity index (χ3n) is 1.69. The summed E-state index contributed by atoms with van der Waals surface area (Å²) < 4.78 is 0. The predicted octanol–water partition coefficient (Wildman–Crippen LogP) is 2.55. The van der Waals surface area contributed by atoms with Gasteiger partial charge >= 0.3 is 0 Å². The highest BCUT2D eigenvalue weighted by molar-refractivity contribution is 5.47. The zero-order valence-corrected chi connectivity index (χ0v) is 7.46. The second-order valence-electron chi connectivity index (χ2n) is 2.69. The largest absolute Gasteiger partial charge is 0.385 e. The summed E-state index contributed by atoms with van der Waals surface area (Å²) in [5, 5.41) is 11.8. The van der Waals surface area contributed by atoms with Gasteiger partial charge in [0.25, 0.3) is 0 Å². The number of rotatable bonds is 4. The van der Waals surface area contributed by atoms with Gasteiger partial charge in [0.1, 0.15) is 0 Å². The maximum absolute atomic E-state index is 8.56. The smallest absolute Gasteiger partial charge is 0.0991 e. The first-order chi connectivity index (χ1) is 6.36. The molecule has 1 N–H and O–H groups in total. The van der Waals surface area contributed by atoms with Gasteiger partial charge < -0.3 is 5.32 Å². The fourth-order valence-corrected chi connectivity index (χ4v) is 0.981. The molecule has 0 unspecified atom stereocenters. The molecule has 1 aromatic carbocycles. The van der Waals surface area contributed by atoms with Crippen molar-refractivity contribution >= 4 is 5.69 Å². The van der Waals surface area contributed by atoms with Crippen molar-refractivity contribution in [2.45, 2.75) is 6.42 Å². The minimum atomic E-state index is 0.689. The number of benzene rings is 1. The zero-order valence-electron chi connectivity index (χ0n) is 7.46. The van der Waals surface area contributed by atoms with Gasteiger partial charge in [-0.1, -0.05) is 6.08 Å². The molecular weight excluding hydrogens is 160 g/mol. The monoisotopic (exact) mass is 172 g/mol. The van der Waals surface area contributed by atoms with Crippen LogP contribution in [0.2, 0.25) is 0 Å². The average Bonchev–Trinajstić information content (AvgIpc) is 2.19. The third kappa shape index (κ3) is 3.00. The maximum Gasteiger partial charge on any atom is 0.0991 e. The standard InChI is InChI=1S/C11H12N2/c1-2-3-8-13-11-6-4-10(9-12)5-7-11/h2,4-7,13H,1,3,8H2. The molecule has 13 heavy (non-hydrogen) atoms. The minimum Gasteiger partial charge on any atom is -0.385 e. The van der Waals surface area contributed by atoms with Crippen LogP contribution in [0.1, 0.15) is 12.0 Å². The van der Waals surface area contributed by atoms with Crippen LogP contribution in [0.15, 0.2) is 36.9 Å². The van der Waals surface area contributed by atoms with Crippen LogP contribution in [0.4, 0.5) is 5.69 Å². The van der Waals surface area contributed by atoms with Gasteiger partial charge in [-0.2, -0.15) is 5.26 Å². The molecule has 2 nitrogen and oxygen atoms in total. The molecule has 0 amide bonds. The highest BCUT2D eigenvalue weighted by Crippen LogP contribution is 2.08. The molecule has 2 heteroatoms. The highest BCUT2D eigenvalue weighted by Gasteiger charge is 1.91. The Balaban J connectivity index is 2.50. The van der Waals surface area contributed by atoms with Crippen LogP contribution in [-0.4, -0.2) is 6.54 Å². The Kier molecular flexibility index (Phi) is 3.59. The van der Waals surface area contributed by atoms with Crippen LogP contribution in [0, 0.1) is 11.3 Å². The van der Waals surface area contributed by atoms with Crippen LogP contribution in [0.3, 0.4) is 0 Å². The molecule has 0 spiro atoms. The Bertz CT molecular complexity index is 306. The van der Waals surface area contributed by atoms with Gasteiger partial charge in [0.2, 0.25) is 0 Å². The van der Waals surface area contributed by atoms with Crippen LogP contribution < -0.4 is 5.32 Å². The summed E-state index contributed by atoms with van der Waals surface area (Å²) in [5.74, 6) is 0. The van der Waals surface area contributed by atoms with Crippen molar-refractivity contribution < 1.29 is 0 Å². The van der Waals surface area contributed by atoms with Crippen molar-refractivity contribution in [3.8, 4) is 6.07 Å². The Morgan fingerprint density at radius 3 is 2.62 bits per heavy atom. The molecule has 0 aromatic heterocycles. The van der Waals surface area contributed by atoms with E-state index in [1.54, 1.807) is 12.1 Å². The summed E-state index contributed by atoms with van der Waals surface area (Å²) in [6.07, 6.45) is 2.82. The van der Waals surface area contributed by atoms with Crippen LogP contribution >= 0.6 is 0 Å². The second kappa shape index (κ2) is 5.00. The summed E-state index contributed by atoms with van der Waals surface area (Å²) in [6.45, 7) is 4.52. The Hall–Kier alpha value is -1.75. The molecule has 0 aliphatic heterocycles. The van der Waals surface area contributed by atoms with Gasteiger partial charge in [-0.05, 0) is 30.7 Å². The van der Waals surface area contributed by atoms with Gasteiger partial charge in [-0.15, -0.1) is 6.58 Å². The molecule has 0 fully saturated rings. The number of nitrogens with one attached hydrogen (secondary N) is 1. The van der Waals surface area contributed by atoms with E-state index < -0.39 is 0 Å². The molecule has 0 aliphatic carbocycles. The lowest BCUT2D eigenvalue weighted by Crippen LogP contribution is -1.99. The van der Waals surface area contributed by atoms with Crippen LogP contribution in [0.5, 0.6) is 0 Å². The van der Waals surface area contributed by atoms with E-state index in [9.17, 15) is 0 Å². The lowest BCUT2D eigenvalue weighted by molar-refractivity contribution is 1.07. The van der Waals surface area contributed by atoms with Crippen molar-refractivity contribution in [1.29, 1.82) is 5.26 Å². The molecule has 0 saturated carbocycles. The Labute approximate surface area is 78.5 Å². The van der Waals surface area contributed by atoms with Crippen molar-refractivity contribution in [1.82, 2.24) is 0 Å². The van der Waals surface area contributed by atoms with Crippen molar-refractivity contribution in [3.05, 3.63) is 42.5 Å². The van der Waals surface area contributed by atoms with E-state index in [2.05, 4.69) is 18.0 Å². The van der Waals surface area contributed by atoms with E-state index in [0.29, 0.717) is 5.56 Å². The lowest BCUT2D eigenvalue weighted by atomic mass is 10.2. The van der Waals surface area contributed by atoms with Gasteiger partial charge in [-0.3, -0.25) is 0 Å². The first-order valence-electron chi connectivity index (χ1n) is 4.22. The number of hydrogen-bond donors (Lipinski definition) is 1. The molecule has 0 atom stereocenters. The van der Waals surface area contributed by atoms with E-state index >= 15 is 0 Å². The minimum absolute atomic E-state index is 0.689. The molecule has 0 heterocycles. The third-order valence-corrected chi connectivity index (χ3v) is 1.69. The second-order valence-corrected chi connectivity index (χ2v) is 2.69. The van der Waals surface area contributed by atoms with E-state index in [1.807, 2.05) is 18.2 Å². The zero-order chi connectivity index (χ0) is 9.52. The molecule has 1 aromatic rings. The average molecular weight is 172 g/mol. The maximum atomic E-state index is 8.56. The Morgan fingerprint density at radius 1 is 1.38 bits per heavy atom. The van der Waals surface area contributed by atoms with Crippen molar-refractivity contribution in [2.75, 3.05) is 11.9 Å². The molecule has 0 saturated heterocycles. The predicted molar refractivity (Wildman–Crippen MR) is 54.5 cm³/mol. The lowest BCUT2D eigenvalue weighted by Gasteiger charge is -2.03. The number of anilines is 1. The van der Waals surface area contributed by atoms with Crippen molar-refractivity contribution in [2.24, 2.45) is 0 Å². The molecule has 0 radical (unpaired) electrons. The SMILES string of the molecule is C=CCCNc1ccc(C#N)cc1. The van der Waals surface area contributed by atoms with E-state index in [4.69, 9.17) is 5.26 Å². The molecule has 66 valence electrons. The molecule has 0 aliphatic rings. The van der Waals surface area contributed by atoms with E-state index in [1.165, 1.54) is 0 Å². The molecule has 0 bridgehead atoms. The fourth-order valence-electron chi connectivity index (χ4n) is 0.981. The van der Waals surface area contributed by atoms with Crippen LogP contribution in [0.25, 0.3) is 0 Å². The first kappa shape index (κ1) is 9.34. The first-order valence-corrected chi connectivity index (χ1v) is 4.22. The highest BCUT2D eigenvalue weighted by atomic mass is 14.9. The van der Waals surface area contributed by atoms with Gasteiger partial charge in [-0.25, -0.2) is 0 Å². The van der Waals surface area contributed by atoms with Gasteiger partial charge in [0.05, 0.1) is 11.6 Å². The molecule has 1 rings (SSSR count). The molecular formula is C11H12N2. The summed E-state index contributed by atoms with van der Waals surface area (Å²) in [6, 6.07) is 9.49. The topological polar surface area (TPSA) is 35.8 Å².